The third kappa shape index (κ3) is 2.00. The average Bonchev–Trinajstić information content (AvgIpc) is 3.03. The molecule has 1 unspecified atom stereocenters. The van der Waals surface area contributed by atoms with Crippen molar-refractivity contribution < 1.29 is 4.79 Å². The van der Waals surface area contributed by atoms with E-state index in [0.717, 1.165) is 17.8 Å². The highest BCUT2D eigenvalue weighted by molar-refractivity contribution is 7.74. The highest BCUT2D eigenvalue weighted by atomic mass is 31.1. The predicted octanol–water partition coefficient (Wildman–Crippen LogP) is 5.54. The normalized spacial score (nSPS) is 26.1. The Morgan fingerprint density at radius 2 is 1.52 bits per heavy atom. The Morgan fingerprint density at radius 3 is 2.09 bits per heavy atom. The minimum Gasteiger partial charge on any atom is -0.298 e. The monoisotopic (exact) mass is 318 g/mol. The second-order valence-electron chi connectivity index (χ2n) is 6.50. The number of hydrogen-bond acceptors (Lipinski definition) is 1. The quantitative estimate of drug-likeness (QED) is 0.536. The lowest BCUT2D eigenvalue weighted by Crippen LogP contribution is -2.18. The summed E-state index contributed by atoms with van der Waals surface area (Å²) in [5, 5.41) is 2.46. The standard InChI is InChI=1S/C21H19OP/c1-15-20(17-11-7-4-8-12-17)23-14-21(15,2)19(18(23)13-22)16-9-5-3-6-10-16/h3-13H,14H2,1-2H3/t21-,23?/m1/s1. The van der Waals surface area contributed by atoms with Gasteiger partial charge in [0, 0.05) is 10.7 Å². The molecule has 2 aliphatic heterocycles. The number of allylic oxidation sites excluding steroid dienone is 3. The zero-order chi connectivity index (χ0) is 16.0. The van der Waals surface area contributed by atoms with Crippen LogP contribution in [-0.4, -0.2) is 12.4 Å². The Labute approximate surface area is 138 Å². The number of carbonyl (C=O) groups is 1. The first-order valence-corrected chi connectivity index (χ1v) is 9.49. The van der Waals surface area contributed by atoms with E-state index >= 15 is 0 Å². The van der Waals surface area contributed by atoms with E-state index in [1.54, 1.807) is 0 Å². The zero-order valence-corrected chi connectivity index (χ0v) is 14.3. The van der Waals surface area contributed by atoms with Crippen LogP contribution in [0.1, 0.15) is 25.0 Å². The van der Waals surface area contributed by atoms with Crippen molar-refractivity contribution in [3.8, 4) is 0 Å². The van der Waals surface area contributed by atoms with Crippen LogP contribution in [0.3, 0.4) is 0 Å². The molecular formula is C21H19OP. The van der Waals surface area contributed by atoms with E-state index in [2.05, 4.69) is 62.4 Å². The van der Waals surface area contributed by atoms with Crippen molar-refractivity contribution in [1.82, 2.24) is 0 Å². The fraction of sp³-hybridized carbons (Fsp3) is 0.190. The summed E-state index contributed by atoms with van der Waals surface area (Å²) in [7, 11) is -0.532. The van der Waals surface area contributed by atoms with Gasteiger partial charge in [0.15, 0.2) is 6.29 Å². The lowest BCUT2D eigenvalue weighted by atomic mass is 9.74. The minimum atomic E-state index is -0.532. The first kappa shape index (κ1) is 14.6. The van der Waals surface area contributed by atoms with Crippen molar-refractivity contribution in [1.29, 1.82) is 0 Å². The molecule has 2 heterocycles. The summed E-state index contributed by atoms with van der Waals surface area (Å²) in [6, 6.07) is 21.0. The van der Waals surface area contributed by atoms with Crippen LogP contribution in [-0.2, 0) is 4.79 Å². The summed E-state index contributed by atoms with van der Waals surface area (Å²) in [4.78, 5) is 11.9. The molecule has 2 atom stereocenters. The number of hydrogen-bond donors (Lipinski definition) is 0. The number of carbonyl (C=O) groups excluding carboxylic acids is 1. The van der Waals surface area contributed by atoms with E-state index in [-0.39, 0.29) is 5.41 Å². The SMILES string of the molecule is CC1=C(c2ccccc2)P2C[C@@]1(C)C(c1ccccc1)=C2C=O. The molecule has 114 valence electrons. The zero-order valence-electron chi connectivity index (χ0n) is 13.4. The first-order chi connectivity index (χ1) is 11.2. The van der Waals surface area contributed by atoms with Gasteiger partial charge in [0.25, 0.3) is 0 Å². The number of fused-ring (bicyclic) bond motifs is 2. The molecule has 4 rings (SSSR count). The summed E-state index contributed by atoms with van der Waals surface area (Å²) in [6.07, 6.45) is 2.20. The third-order valence-electron chi connectivity index (χ3n) is 5.25. The number of benzene rings is 2. The van der Waals surface area contributed by atoms with Gasteiger partial charge in [-0.2, -0.15) is 0 Å². The highest BCUT2D eigenvalue weighted by Gasteiger charge is 2.51. The molecule has 2 aromatic rings. The van der Waals surface area contributed by atoms with Crippen molar-refractivity contribution in [2.24, 2.45) is 5.41 Å². The Morgan fingerprint density at radius 1 is 0.957 bits per heavy atom. The van der Waals surface area contributed by atoms with Crippen molar-refractivity contribution in [2.75, 3.05) is 6.16 Å². The summed E-state index contributed by atoms with van der Waals surface area (Å²) in [5.74, 6) is 0. The van der Waals surface area contributed by atoms with Crippen molar-refractivity contribution in [3.05, 3.63) is 82.7 Å². The van der Waals surface area contributed by atoms with Crippen LogP contribution >= 0.6 is 7.92 Å². The second-order valence-corrected chi connectivity index (χ2v) is 8.60. The molecule has 2 aromatic carbocycles. The summed E-state index contributed by atoms with van der Waals surface area (Å²) in [6.45, 7) is 4.57. The average molecular weight is 318 g/mol. The second kappa shape index (κ2) is 5.28. The lowest BCUT2D eigenvalue weighted by molar-refractivity contribution is -0.104. The topological polar surface area (TPSA) is 17.1 Å². The molecule has 0 amide bonds. The molecule has 23 heavy (non-hydrogen) atoms. The van der Waals surface area contributed by atoms with Gasteiger partial charge in [-0.25, -0.2) is 0 Å². The van der Waals surface area contributed by atoms with E-state index in [1.165, 1.54) is 27.6 Å². The van der Waals surface area contributed by atoms with Gasteiger partial charge in [0.2, 0.25) is 0 Å². The molecule has 0 spiro atoms. The molecule has 2 heteroatoms. The van der Waals surface area contributed by atoms with E-state index in [1.807, 2.05) is 12.1 Å². The van der Waals surface area contributed by atoms with Gasteiger partial charge in [-0.15, -0.1) is 0 Å². The molecule has 0 aromatic heterocycles. The molecule has 2 aliphatic rings. The van der Waals surface area contributed by atoms with E-state index < -0.39 is 7.92 Å². The summed E-state index contributed by atoms with van der Waals surface area (Å²) < 4.78 is 0. The molecule has 0 N–H and O–H groups in total. The summed E-state index contributed by atoms with van der Waals surface area (Å²) in [5.41, 5.74) is 5.18. The molecule has 0 fully saturated rings. The Kier molecular flexibility index (Phi) is 3.36. The van der Waals surface area contributed by atoms with Crippen LogP contribution in [0.5, 0.6) is 0 Å². The van der Waals surface area contributed by atoms with Crippen LogP contribution in [0.25, 0.3) is 10.9 Å². The van der Waals surface area contributed by atoms with Crippen LogP contribution in [0.2, 0.25) is 0 Å². The number of aldehydes is 1. The van der Waals surface area contributed by atoms with Gasteiger partial charge >= 0.3 is 0 Å². The first-order valence-electron chi connectivity index (χ1n) is 7.96. The fourth-order valence-electron chi connectivity index (χ4n) is 4.03. The van der Waals surface area contributed by atoms with Crippen LogP contribution in [0.4, 0.5) is 0 Å². The van der Waals surface area contributed by atoms with Gasteiger partial charge < -0.3 is 0 Å². The Balaban J connectivity index is 1.91. The maximum absolute atomic E-state index is 11.9. The Bertz CT molecular complexity index is 833. The van der Waals surface area contributed by atoms with E-state index in [9.17, 15) is 4.79 Å². The van der Waals surface area contributed by atoms with Crippen molar-refractivity contribution in [2.45, 2.75) is 13.8 Å². The molecule has 0 saturated heterocycles. The smallest absolute Gasteiger partial charge is 0.151 e. The van der Waals surface area contributed by atoms with Gasteiger partial charge in [-0.1, -0.05) is 73.2 Å². The fourth-order valence-corrected chi connectivity index (χ4v) is 7.51. The highest BCUT2D eigenvalue weighted by Crippen LogP contribution is 2.77. The predicted molar refractivity (Wildman–Crippen MR) is 98.4 cm³/mol. The van der Waals surface area contributed by atoms with Crippen LogP contribution in [0, 0.1) is 5.41 Å². The van der Waals surface area contributed by atoms with Crippen molar-refractivity contribution in [3.63, 3.8) is 0 Å². The van der Waals surface area contributed by atoms with Gasteiger partial charge in [-0.3, -0.25) is 4.79 Å². The molecule has 1 nitrogen and oxygen atoms in total. The largest absolute Gasteiger partial charge is 0.298 e. The van der Waals surface area contributed by atoms with Gasteiger partial charge in [0.1, 0.15) is 0 Å². The van der Waals surface area contributed by atoms with Gasteiger partial charge in [-0.05, 0) is 43.0 Å². The van der Waals surface area contributed by atoms with Crippen LogP contribution < -0.4 is 0 Å². The van der Waals surface area contributed by atoms with Gasteiger partial charge in [0.05, 0.1) is 0 Å². The minimum absolute atomic E-state index is 0.00548. The summed E-state index contributed by atoms with van der Waals surface area (Å²) >= 11 is 0. The molecular weight excluding hydrogens is 299 g/mol. The number of rotatable bonds is 3. The van der Waals surface area contributed by atoms with Crippen LogP contribution in [0.15, 0.2) is 71.6 Å². The molecule has 0 saturated carbocycles. The lowest BCUT2D eigenvalue weighted by Gasteiger charge is -2.30. The van der Waals surface area contributed by atoms with E-state index in [0.29, 0.717) is 0 Å². The maximum Gasteiger partial charge on any atom is 0.151 e. The molecule has 0 radical (unpaired) electrons. The van der Waals surface area contributed by atoms with Crippen molar-refractivity contribution >= 4 is 25.1 Å². The third-order valence-corrected chi connectivity index (χ3v) is 8.24. The molecule has 2 bridgehead atoms. The molecule has 0 aliphatic carbocycles. The Hall–Kier alpha value is -1.98. The van der Waals surface area contributed by atoms with E-state index in [4.69, 9.17) is 0 Å². The maximum atomic E-state index is 11.9.